The molecule has 0 saturated carbocycles. The number of benzene rings is 2. The highest BCUT2D eigenvalue weighted by molar-refractivity contribution is 8.01. The highest BCUT2D eigenvalue weighted by Crippen LogP contribution is 2.26. The van der Waals surface area contributed by atoms with Crippen molar-refractivity contribution in [2.75, 3.05) is 17.6 Å². The number of carbonyl (C=O) groups excluding carboxylic acids is 2. The lowest BCUT2D eigenvalue weighted by Crippen LogP contribution is -2.27. The first kappa shape index (κ1) is 21.7. The monoisotopic (exact) mass is 465 g/mol. The van der Waals surface area contributed by atoms with Gasteiger partial charge in [-0.1, -0.05) is 88.9 Å². The van der Waals surface area contributed by atoms with E-state index in [2.05, 4.69) is 26.0 Å². The Hall–Kier alpha value is -3.50. The molecule has 0 bridgehead atoms. The van der Waals surface area contributed by atoms with Crippen molar-refractivity contribution in [1.82, 2.24) is 20.7 Å². The van der Waals surface area contributed by atoms with Crippen LogP contribution in [0.15, 0.2) is 75.6 Å². The highest BCUT2D eigenvalue weighted by atomic mass is 32.2. The third kappa shape index (κ3) is 6.02. The first-order valence-electron chi connectivity index (χ1n) is 9.78. The van der Waals surface area contributed by atoms with Gasteiger partial charge in [0.05, 0.1) is 5.75 Å². The molecule has 2 N–H and O–H groups in total. The molecule has 0 aliphatic heterocycles. The van der Waals surface area contributed by atoms with E-state index in [0.717, 1.165) is 12.0 Å². The van der Waals surface area contributed by atoms with Crippen molar-refractivity contribution in [3.63, 3.8) is 0 Å². The lowest BCUT2D eigenvalue weighted by atomic mass is 10.1. The Bertz CT molecular complexity index is 1180. The second-order valence-corrected chi connectivity index (χ2v) is 8.84. The number of thioether (sulfide) groups is 1. The zero-order chi connectivity index (χ0) is 22.2. The molecule has 2 aromatic heterocycles. The molecule has 4 rings (SSSR count). The quantitative estimate of drug-likeness (QED) is 0.285. The van der Waals surface area contributed by atoms with Crippen molar-refractivity contribution in [3.05, 3.63) is 78.0 Å². The zero-order valence-corrected chi connectivity index (χ0v) is 18.5. The minimum Gasteiger partial charge on any atom is -0.355 e. The maximum atomic E-state index is 12.4. The van der Waals surface area contributed by atoms with Crippen molar-refractivity contribution in [2.45, 2.75) is 10.8 Å². The van der Waals surface area contributed by atoms with Crippen LogP contribution in [-0.2, 0) is 11.2 Å². The summed E-state index contributed by atoms with van der Waals surface area (Å²) in [4.78, 5) is 24.4. The lowest BCUT2D eigenvalue weighted by molar-refractivity contribution is -0.118. The predicted octanol–water partition coefficient (Wildman–Crippen LogP) is 3.90. The largest absolute Gasteiger partial charge is 0.355 e. The van der Waals surface area contributed by atoms with E-state index in [4.69, 9.17) is 4.52 Å². The number of aromatic nitrogens is 3. The molecule has 10 heteroatoms. The normalized spacial score (nSPS) is 10.6. The van der Waals surface area contributed by atoms with Crippen LogP contribution in [0.3, 0.4) is 0 Å². The van der Waals surface area contributed by atoms with Crippen LogP contribution in [0.25, 0.3) is 11.3 Å². The van der Waals surface area contributed by atoms with E-state index >= 15 is 0 Å². The number of hydrogen-bond donors (Lipinski definition) is 2. The number of nitrogens with one attached hydrogen (secondary N) is 2. The number of hydrogen-bond acceptors (Lipinski definition) is 8. The smallest absolute Gasteiger partial charge is 0.279 e. The Morgan fingerprint density at radius 1 is 1.00 bits per heavy atom. The van der Waals surface area contributed by atoms with Crippen LogP contribution in [0.4, 0.5) is 5.13 Å². The average molecular weight is 466 g/mol. The van der Waals surface area contributed by atoms with E-state index < -0.39 is 5.91 Å². The average Bonchev–Trinajstić information content (AvgIpc) is 3.49. The standard InChI is InChI=1S/C22H19N5O3S2/c28-19(23-12-11-15-7-3-1-4-8-15)14-31-22-26-25-21(32-22)24-20(29)17-13-18(30-27-17)16-9-5-2-6-10-16/h1-10,13H,11-12,14H2,(H,23,28)(H,24,25,29). The molecule has 2 heterocycles. The van der Waals surface area contributed by atoms with Gasteiger partial charge in [-0.25, -0.2) is 0 Å². The molecule has 162 valence electrons. The second-order valence-electron chi connectivity index (χ2n) is 6.64. The molecule has 0 unspecified atom stereocenters. The first-order valence-corrected chi connectivity index (χ1v) is 11.6. The molecule has 0 aliphatic carbocycles. The summed E-state index contributed by atoms with van der Waals surface area (Å²) >= 11 is 2.46. The van der Waals surface area contributed by atoms with E-state index in [1.54, 1.807) is 6.07 Å². The van der Waals surface area contributed by atoms with Crippen LogP contribution in [0.1, 0.15) is 16.1 Å². The summed E-state index contributed by atoms with van der Waals surface area (Å²) in [5.41, 5.74) is 2.15. The van der Waals surface area contributed by atoms with Gasteiger partial charge in [0.25, 0.3) is 5.91 Å². The summed E-state index contributed by atoms with van der Waals surface area (Å²) in [6, 6.07) is 20.9. The van der Waals surface area contributed by atoms with Gasteiger partial charge < -0.3 is 9.84 Å². The van der Waals surface area contributed by atoms with E-state index in [1.807, 2.05) is 60.7 Å². The molecule has 0 atom stereocenters. The van der Waals surface area contributed by atoms with Gasteiger partial charge in [0.1, 0.15) is 0 Å². The molecule has 2 aromatic carbocycles. The molecular formula is C22H19N5O3S2. The molecule has 0 aliphatic rings. The fourth-order valence-corrected chi connectivity index (χ4v) is 4.35. The Kier molecular flexibility index (Phi) is 7.26. The highest BCUT2D eigenvalue weighted by Gasteiger charge is 2.16. The maximum absolute atomic E-state index is 12.4. The summed E-state index contributed by atoms with van der Waals surface area (Å²) < 4.78 is 5.83. The van der Waals surface area contributed by atoms with Gasteiger partial charge >= 0.3 is 0 Å². The SMILES string of the molecule is O=C(CSc1nnc(NC(=O)c2cc(-c3ccccc3)on2)s1)NCCc1ccccc1. The molecular weight excluding hydrogens is 446 g/mol. The van der Waals surface area contributed by atoms with Crippen LogP contribution >= 0.6 is 23.1 Å². The summed E-state index contributed by atoms with van der Waals surface area (Å²) in [7, 11) is 0. The van der Waals surface area contributed by atoms with Crippen molar-refractivity contribution < 1.29 is 14.1 Å². The molecule has 0 spiro atoms. The van der Waals surface area contributed by atoms with Crippen molar-refractivity contribution in [3.8, 4) is 11.3 Å². The van der Waals surface area contributed by atoms with E-state index in [1.165, 1.54) is 28.7 Å². The number of nitrogens with zero attached hydrogens (tertiary/aromatic N) is 3. The second kappa shape index (κ2) is 10.7. The summed E-state index contributed by atoms with van der Waals surface area (Å²) in [5.74, 6) is 0.203. The fourth-order valence-electron chi connectivity index (χ4n) is 2.77. The van der Waals surface area contributed by atoms with Crippen LogP contribution in [-0.4, -0.2) is 39.5 Å². The minimum atomic E-state index is -0.442. The third-order valence-corrected chi connectivity index (χ3v) is 6.31. The minimum absolute atomic E-state index is 0.0808. The van der Waals surface area contributed by atoms with Gasteiger partial charge in [-0.15, -0.1) is 10.2 Å². The maximum Gasteiger partial charge on any atom is 0.279 e. The molecule has 8 nitrogen and oxygen atoms in total. The van der Waals surface area contributed by atoms with Crippen LogP contribution in [0.5, 0.6) is 0 Å². The fraction of sp³-hybridized carbons (Fsp3) is 0.136. The number of carbonyl (C=O) groups is 2. The molecule has 2 amide bonds. The van der Waals surface area contributed by atoms with E-state index in [0.29, 0.717) is 21.8 Å². The Balaban J connectivity index is 1.23. The van der Waals surface area contributed by atoms with Gasteiger partial charge in [-0.05, 0) is 12.0 Å². The predicted molar refractivity (Wildman–Crippen MR) is 124 cm³/mol. The van der Waals surface area contributed by atoms with Crippen LogP contribution < -0.4 is 10.6 Å². The van der Waals surface area contributed by atoms with Gasteiger partial charge in [-0.2, -0.15) is 0 Å². The van der Waals surface area contributed by atoms with Crippen molar-refractivity contribution in [2.24, 2.45) is 0 Å². The molecule has 0 saturated heterocycles. The van der Waals surface area contributed by atoms with Crippen LogP contribution in [0, 0.1) is 0 Å². The Morgan fingerprint density at radius 3 is 2.53 bits per heavy atom. The van der Waals surface area contributed by atoms with Crippen molar-refractivity contribution in [1.29, 1.82) is 0 Å². The van der Waals surface area contributed by atoms with Gasteiger partial charge in [0, 0.05) is 18.2 Å². The lowest BCUT2D eigenvalue weighted by Gasteiger charge is -2.04. The molecule has 32 heavy (non-hydrogen) atoms. The zero-order valence-electron chi connectivity index (χ0n) is 16.9. The molecule has 0 radical (unpaired) electrons. The number of amides is 2. The van der Waals surface area contributed by atoms with Crippen LogP contribution in [0.2, 0.25) is 0 Å². The van der Waals surface area contributed by atoms with Gasteiger partial charge in [0.2, 0.25) is 11.0 Å². The topological polar surface area (TPSA) is 110 Å². The molecule has 4 aromatic rings. The van der Waals surface area contributed by atoms with E-state index in [9.17, 15) is 9.59 Å². The summed E-state index contributed by atoms with van der Waals surface area (Å²) in [6.07, 6.45) is 0.778. The third-order valence-electron chi connectivity index (χ3n) is 4.33. The Morgan fingerprint density at radius 2 is 1.75 bits per heavy atom. The van der Waals surface area contributed by atoms with Gasteiger partial charge in [0.15, 0.2) is 15.8 Å². The molecule has 0 fully saturated rings. The number of rotatable bonds is 9. The van der Waals surface area contributed by atoms with Crippen molar-refractivity contribution >= 4 is 40.0 Å². The number of anilines is 1. The Labute approximate surface area is 192 Å². The summed E-state index contributed by atoms with van der Waals surface area (Å²) in [6.45, 7) is 0.573. The van der Waals surface area contributed by atoms with E-state index in [-0.39, 0.29) is 17.4 Å². The summed E-state index contributed by atoms with van der Waals surface area (Å²) in [5, 5.41) is 17.6. The first-order chi connectivity index (χ1) is 15.7. The van der Waals surface area contributed by atoms with Gasteiger partial charge in [-0.3, -0.25) is 14.9 Å².